The van der Waals surface area contributed by atoms with Crippen molar-refractivity contribution in [2.24, 2.45) is 17.6 Å². The molecule has 2 amide bonds. The van der Waals surface area contributed by atoms with Gasteiger partial charge in [0.05, 0.1) is 13.0 Å². The first-order valence-corrected chi connectivity index (χ1v) is 8.78. The molecule has 25 heavy (non-hydrogen) atoms. The summed E-state index contributed by atoms with van der Waals surface area (Å²) in [6.45, 7) is 5.19. The molecule has 0 saturated carbocycles. The van der Waals surface area contributed by atoms with E-state index in [1.807, 2.05) is 24.3 Å². The quantitative estimate of drug-likeness (QED) is 0.817. The lowest BCUT2D eigenvalue weighted by Crippen LogP contribution is -2.38. The highest BCUT2D eigenvalue weighted by molar-refractivity contribution is 6.00. The number of rotatable bonds is 7. The van der Waals surface area contributed by atoms with Gasteiger partial charge in [0, 0.05) is 38.3 Å². The zero-order valence-corrected chi connectivity index (χ0v) is 15.6. The minimum absolute atomic E-state index is 0.0142. The number of nitrogens with zero attached hydrogens (tertiary/aromatic N) is 2. The predicted molar refractivity (Wildman–Crippen MR) is 98.5 cm³/mol. The van der Waals surface area contributed by atoms with Crippen LogP contribution in [0.15, 0.2) is 24.3 Å². The molecule has 2 N–H and O–H groups in total. The number of amides is 2. The number of nitrogens with two attached hydrogens (primary N) is 1. The van der Waals surface area contributed by atoms with Gasteiger partial charge in [-0.05, 0) is 36.6 Å². The van der Waals surface area contributed by atoms with Gasteiger partial charge in [0.2, 0.25) is 11.8 Å². The molecule has 1 aromatic rings. The second kappa shape index (κ2) is 8.34. The second-order valence-electron chi connectivity index (χ2n) is 7.06. The Morgan fingerprint density at radius 1 is 1.36 bits per heavy atom. The van der Waals surface area contributed by atoms with Crippen LogP contribution in [-0.2, 0) is 9.59 Å². The van der Waals surface area contributed by atoms with Crippen molar-refractivity contribution in [3.05, 3.63) is 24.3 Å². The highest BCUT2D eigenvalue weighted by Gasteiger charge is 2.36. The molecule has 1 heterocycles. The minimum atomic E-state index is -0.296. The Hall–Kier alpha value is -2.08. The maximum absolute atomic E-state index is 12.6. The third-order valence-electron chi connectivity index (χ3n) is 4.89. The average molecular weight is 347 g/mol. The van der Waals surface area contributed by atoms with Crippen molar-refractivity contribution in [1.29, 1.82) is 0 Å². The van der Waals surface area contributed by atoms with E-state index in [2.05, 4.69) is 13.8 Å². The molecule has 6 heteroatoms. The standard InChI is InChI=1S/C19H29N3O3/c1-13(2)17(20)9-10-21(3)19(24)14-11-18(23)22(12-14)15-5-7-16(25-4)8-6-15/h5-8,13-14,17H,9-12,20H2,1-4H3. The van der Waals surface area contributed by atoms with Crippen molar-refractivity contribution >= 4 is 17.5 Å². The van der Waals surface area contributed by atoms with Crippen LogP contribution in [0.3, 0.4) is 0 Å². The Balaban J connectivity index is 1.95. The summed E-state index contributed by atoms with van der Waals surface area (Å²) in [5.41, 5.74) is 6.85. The van der Waals surface area contributed by atoms with Crippen molar-refractivity contribution in [2.75, 3.05) is 32.1 Å². The monoisotopic (exact) mass is 347 g/mol. The molecule has 138 valence electrons. The lowest BCUT2D eigenvalue weighted by atomic mass is 10.0. The zero-order chi connectivity index (χ0) is 18.6. The molecule has 2 atom stereocenters. The summed E-state index contributed by atoms with van der Waals surface area (Å²) in [5, 5.41) is 0. The van der Waals surface area contributed by atoms with Crippen LogP contribution in [0.4, 0.5) is 5.69 Å². The molecule has 0 spiro atoms. The summed E-state index contributed by atoms with van der Waals surface area (Å²) in [4.78, 5) is 28.3. The van der Waals surface area contributed by atoms with E-state index in [0.29, 0.717) is 19.0 Å². The summed E-state index contributed by atoms with van der Waals surface area (Å²) < 4.78 is 5.14. The van der Waals surface area contributed by atoms with Crippen molar-refractivity contribution in [2.45, 2.75) is 32.7 Å². The highest BCUT2D eigenvalue weighted by atomic mass is 16.5. The molecule has 0 aliphatic carbocycles. The van der Waals surface area contributed by atoms with Crippen LogP contribution in [0, 0.1) is 11.8 Å². The topological polar surface area (TPSA) is 75.9 Å². The van der Waals surface area contributed by atoms with Gasteiger partial charge in [0.25, 0.3) is 0 Å². The highest BCUT2D eigenvalue weighted by Crippen LogP contribution is 2.27. The van der Waals surface area contributed by atoms with Crippen LogP contribution < -0.4 is 15.4 Å². The number of benzene rings is 1. The van der Waals surface area contributed by atoms with E-state index < -0.39 is 0 Å². The van der Waals surface area contributed by atoms with Crippen molar-refractivity contribution < 1.29 is 14.3 Å². The Morgan fingerprint density at radius 2 is 2.00 bits per heavy atom. The summed E-state index contributed by atoms with van der Waals surface area (Å²) in [5.74, 6) is 0.831. The van der Waals surface area contributed by atoms with Gasteiger partial charge >= 0.3 is 0 Å². The van der Waals surface area contributed by atoms with Crippen molar-refractivity contribution in [3.8, 4) is 5.75 Å². The van der Waals surface area contributed by atoms with Crippen LogP contribution in [0.5, 0.6) is 5.75 Å². The summed E-state index contributed by atoms with van der Waals surface area (Å²) in [6.07, 6.45) is 1.02. The fourth-order valence-electron chi connectivity index (χ4n) is 2.98. The smallest absolute Gasteiger partial charge is 0.227 e. The number of carbonyl (C=O) groups excluding carboxylic acids is 2. The van der Waals surface area contributed by atoms with E-state index in [1.165, 1.54) is 0 Å². The molecule has 1 aromatic carbocycles. The SMILES string of the molecule is COc1ccc(N2CC(C(=O)N(C)CCC(N)C(C)C)CC2=O)cc1. The molecule has 0 bridgehead atoms. The summed E-state index contributed by atoms with van der Waals surface area (Å²) in [7, 11) is 3.39. The molecule has 1 saturated heterocycles. The molecule has 2 rings (SSSR count). The van der Waals surface area contributed by atoms with Crippen molar-refractivity contribution in [3.63, 3.8) is 0 Å². The van der Waals surface area contributed by atoms with Crippen LogP contribution in [-0.4, -0.2) is 50.0 Å². The number of ether oxygens (including phenoxy) is 1. The van der Waals surface area contributed by atoms with E-state index in [-0.39, 0.29) is 30.2 Å². The maximum atomic E-state index is 12.6. The number of anilines is 1. The summed E-state index contributed by atoms with van der Waals surface area (Å²) in [6, 6.07) is 7.40. The van der Waals surface area contributed by atoms with Gasteiger partial charge in [-0.25, -0.2) is 0 Å². The molecule has 1 aliphatic heterocycles. The first kappa shape index (κ1) is 19.2. The van der Waals surface area contributed by atoms with Gasteiger partial charge in [-0.2, -0.15) is 0 Å². The number of methoxy groups -OCH3 is 1. The van der Waals surface area contributed by atoms with Gasteiger partial charge in [-0.1, -0.05) is 13.8 Å². The third kappa shape index (κ3) is 4.72. The molecule has 1 fully saturated rings. The lowest BCUT2D eigenvalue weighted by molar-refractivity contribution is -0.134. The predicted octanol–water partition coefficient (Wildman–Crippen LogP) is 1.88. The molecular weight excluding hydrogens is 318 g/mol. The van der Waals surface area contributed by atoms with Crippen LogP contribution in [0.2, 0.25) is 0 Å². The average Bonchev–Trinajstić information content (AvgIpc) is 3.00. The molecule has 0 radical (unpaired) electrons. The maximum Gasteiger partial charge on any atom is 0.227 e. The van der Waals surface area contributed by atoms with Crippen molar-refractivity contribution in [1.82, 2.24) is 4.90 Å². The van der Waals surface area contributed by atoms with Crippen LogP contribution in [0.1, 0.15) is 26.7 Å². The fraction of sp³-hybridized carbons (Fsp3) is 0.579. The number of hydrogen-bond donors (Lipinski definition) is 1. The van der Waals surface area contributed by atoms with E-state index in [0.717, 1.165) is 17.9 Å². The molecule has 1 aliphatic rings. The number of hydrogen-bond acceptors (Lipinski definition) is 4. The van der Waals surface area contributed by atoms with Crippen LogP contribution >= 0.6 is 0 Å². The van der Waals surface area contributed by atoms with Gasteiger partial charge in [0.15, 0.2) is 0 Å². The molecule has 2 unspecified atom stereocenters. The third-order valence-corrected chi connectivity index (χ3v) is 4.89. The van der Waals surface area contributed by atoms with Gasteiger partial charge in [-0.15, -0.1) is 0 Å². The first-order chi connectivity index (χ1) is 11.8. The van der Waals surface area contributed by atoms with Gasteiger partial charge in [-0.3, -0.25) is 9.59 Å². The second-order valence-corrected chi connectivity index (χ2v) is 7.06. The molecule has 0 aromatic heterocycles. The zero-order valence-electron chi connectivity index (χ0n) is 15.6. The summed E-state index contributed by atoms with van der Waals surface area (Å²) >= 11 is 0. The fourth-order valence-corrected chi connectivity index (χ4v) is 2.98. The number of carbonyl (C=O) groups is 2. The van der Waals surface area contributed by atoms with Gasteiger partial charge in [0.1, 0.15) is 5.75 Å². The Bertz CT molecular complexity index is 600. The van der Waals surface area contributed by atoms with E-state index in [4.69, 9.17) is 10.5 Å². The van der Waals surface area contributed by atoms with Crippen LogP contribution in [0.25, 0.3) is 0 Å². The Morgan fingerprint density at radius 3 is 2.56 bits per heavy atom. The molecular formula is C19H29N3O3. The van der Waals surface area contributed by atoms with E-state index >= 15 is 0 Å². The minimum Gasteiger partial charge on any atom is -0.497 e. The Kier molecular flexibility index (Phi) is 6.42. The lowest BCUT2D eigenvalue weighted by Gasteiger charge is -2.24. The largest absolute Gasteiger partial charge is 0.497 e. The van der Waals surface area contributed by atoms with E-state index in [1.54, 1.807) is 24.0 Å². The van der Waals surface area contributed by atoms with Gasteiger partial charge < -0.3 is 20.3 Å². The van der Waals surface area contributed by atoms with E-state index in [9.17, 15) is 9.59 Å². The normalized spacial score (nSPS) is 18.6. The first-order valence-electron chi connectivity index (χ1n) is 8.78. The molecule has 6 nitrogen and oxygen atoms in total. The Labute approximate surface area is 149 Å².